The number of halogens is 1. The first kappa shape index (κ1) is 25.1. The zero-order chi connectivity index (χ0) is 24.8. The summed E-state index contributed by atoms with van der Waals surface area (Å²) >= 11 is 0. The van der Waals surface area contributed by atoms with Crippen molar-refractivity contribution >= 4 is 11.8 Å². The van der Waals surface area contributed by atoms with Crippen molar-refractivity contribution in [3.63, 3.8) is 0 Å². The number of likely N-dealkylation sites (tertiary alicyclic amines) is 1. The van der Waals surface area contributed by atoms with E-state index in [1.165, 1.54) is 18.6 Å². The molecule has 0 radical (unpaired) electrons. The highest BCUT2D eigenvalue weighted by Crippen LogP contribution is 2.36. The van der Waals surface area contributed by atoms with Gasteiger partial charge in [0, 0.05) is 12.7 Å². The monoisotopic (exact) mass is 482 g/mol. The van der Waals surface area contributed by atoms with Crippen molar-refractivity contribution in [2.24, 2.45) is 5.92 Å². The topological polar surface area (TPSA) is 83.6 Å². The first-order chi connectivity index (χ1) is 17.0. The van der Waals surface area contributed by atoms with Crippen LogP contribution in [-0.4, -0.2) is 47.4 Å². The summed E-state index contributed by atoms with van der Waals surface area (Å²) in [7, 11) is 1.74. The van der Waals surface area contributed by atoms with E-state index in [2.05, 4.69) is 15.6 Å². The number of hydrogen-bond donors (Lipinski definition) is 2. The zero-order valence-corrected chi connectivity index (χ0v) is 20.5. The fourth-order valence-electron chi connectivity index (χ4n) is 5.13. The number of nitrogens with one attached hydrogen (secondary N) is 2. The van der Waals surface area contributed by atoms with Gasteiger partial charge in [0.25, 0.3) is 0 Å². The molecular formula is C27H35FN4O3. The summed E-state index contributed by atoms with van der Waals surface area (Å²) in [6, 6.07) is 6.70. The maximum atomic E-state index is 13.9. The van der Waals surface area contributed by atoms with Crippen molar-refractivity contribution < 1.29 is 18.7 Å². The number of pyridine rings is 1. The smallest absolute Gasteiger partial charge is 0.245 e. The molecule has 4 rings (SSSR count). The summed E-state index contributed by atoms with van der Waals surface area (Å²) in [5.74, 6) is 0.714. The molecule has 2 fully saturated rings. The second-order valence-corrected chi connectivity index (χ2v) is 9.59. The molecule has 2 unspecified atom stereocenters. The Hall–Kier alpha value is -3.00. The van der Waals surface area contributed by atoms with Gasteiger partial charge in [-0.2, -0.15) is 0 Å². The number of likely N-dealkylation sites (N-methyl/N-ethyl adjacent to an activating group) is 1. The Labute approximate surface area is 206 Å². The number of hydrogen-bond acceptors (Lipinski definition) is 5. The molecule has 2 heterocycles. The van der Waals surface area contributed by atoms with Gasteiger partial charge in [0.15, 0.2) is 0 Å². The fourth-order valence-corrected chi connectivity index (χ4v) is 5.13. The van der Waals surface area contributed by atoms with Crippen LogP contribution in [-0.2, 0) is 9.59 Å². The van der Waals surface area contributed by atoms with Crippen LogP contribution in [0.25, 0.3) is 0 Å². The SMILES string of the molecule is CNC(C)C(=O)N[C@H](C(=O)N1CCCC1c1cncc(Oc2ccc(F)cc2)c1)C1CCCCC1. The van der Waals surface area contributed by atoms with E-state index in [9.17, 15) is 14.0 Å². The summed E-state index contributed by atoms with van der Waals surface area (Å²) < 4.78 is 19.1. The predicted octanol–water partition coefficient (Wildman–Crippen LogP) is 4.35. The predicted molar refractivity (Wildman–Crippen MR) is 131 cm³/mol. The summed E-state index contributed by atoms with van der Waals surface area (Å²) in [4.78, 5) is 32.9. The van der Waals surface area contributed by atoms with Crippen molar-refractivity contribution in [2.75, 3.05) is 13.6 Å². The van der Waals surface area contributed by atoms with Crippen molar-refractivity contribution in [1.82, 2.24) is 20.5 Å². The molecule has 1 saturated heterocycles. The Kier molecular flexibility index (Phi) is 8.33. The molecule has 1 aliphatic carbocycles. The van der Waals surface area contributed by atoms with Crippen molar-refractivity contribution in [3.05, 3.63) is 54.1 Å². The number of ether oxygens (including phenoxy) is 1. The Bertz CT molecular complexity index is 1010. The number of aromatic nitrogens is 1. The second kappa shape index (κ2) is 11.6. The lowest BCUT2D eigenvalue weighted by atomic mass is 9.83. The first-order valence-electron chi connectivity index (χ1n) is 12.6. The summed E-state index contributed by atoms with van der Waals surface area (Å²) in [6.45, 7) is 2.45. The lowest BCUT2D eigenvalue weighted by Crippen LogP contribution is -2.55. The Morgan fingerprint density at radius 3 is 2.51 bits per heavy atom. The summed E-state index contributed by atoms with van der Waals surface area (Å²) in [5, 5.41) is 6.04. The molecule has 35 heavy (non-hydrogen) atoms. The molecule has 1 aromatic heterocycles. The average Bonchev–Trinajstić information content (AvgIpc) is 3.38. The van der Waals surface area contributed by atoms with E-state index in [1.54, 1.807) is 38.5 Å². The minimum atomic E-state index is -0.522. The highest BCUT2D eigenvalue weighted by molar-refractivity contribution is 5.90. The van der Waals surface area contributed by atoms with Crippen LogP contribution in [0, 0.1) is 11.7 Å². The lowest BCUT2D eigenvalue weighted by Gasteiger charge is -2.35. The molecule has 1 aromatic carbocycles. The van der Waals surface area contributed by atoms with E-state index in [-0.39, 0.29) is 35.6 Å². The third-order valence-corrected chi connectivity index (χ3v) is 7.22. The highest BCUT2D eigenvalue weighted by Gasteiger charge is 2.39. The normalized spacial score (nSPS) is 20.3. The van der Waals surface area contributed by atoms with Crippen LogP contribution in [0.5, 0.6) is 11.5 Å². The number of benzene rings is 1. The maximum Gasteiger partial charge on any atom is 0.245 e. The standard InChI is InChI=1S/C27H35FN4O3/c1-18(29-2)26(33)31-25(19-7-4-3-5-8-19)27(34)32-14-6-9-24(32)20-15-23(17-30-16-20)35-22-12-10-21(28)11-13-22/h10-13,15-19,24-25,29H,3-9,14H2,1-2H3,(H,31,33)/t18?,24?,25-/m0/s1. The molecule has 8 heteroatoms. The van der Waals surface area contributed by atoms with E-state index in [4.69, 9.17) is 4.74 Å². The number of carbonyl (C=O) groups is 2. The van der Waals surface area contributed by atoms with Gasteiger partial charge in [0.2, 0.25) is 11.8 Å². The zero-order valence-electron chi connectivity index (χ0n) is 20.5. The molecule has 2 N–H and O–H groups in total. The molecule has 1 saturated carbocycles. The molecule has 2 aromatic rings. The molecule has 7 nitrogen and oxygen atoms in total. The van der Waals surface area contributed by atoms with Gasteiger partial charge < -0.3 is 20.3 Å². The van der Waals surface area contributed by atoms with Crippen molar-refractivity contribution in [3.8, 4) is 11.5 Å². The van der Waals surface area contributed by atoms with Crippen LogP contribution < -0.4 is 15.4 Å². The number of rotatable bonds is 8. The van der Waals surface area contributed by atoms with Crippen LogP contribution in [0.3, 0.4) is 0 Å². The van der Waals surface area contributed by atoms with Gasteiger partial charge in [0.1, 0.15) is 23.4 Å². The minimum absolute atomic E-state index is 0.0130. The third kappa shape index (κ3) is 6.17. The number of amides is 2. The van der Waals surface area contributed by atoms with Crippen LogP contribution >= 0.6 is 0 Å². The molecule has 0 spiro atoms. The van der Waals surface area contributed by atoms with Crippen LogP contribution in [0.1, 0.15) is 63.5 Å². The molecule has 188 valence electrons. The van der Waals surface area contributed by atoms with E-state index < -0.39 is 6.04 Å². The summed E-state index contributed by atoms with van der Waals surface area (Å²) in [6.07, 6.45) is 10.3. The first-order valence-corrected chi connectivity index (χ1v) is 12.6. The minimum Gasteiger partial charge on any atom is -0.456 e. The second-order valence-electron chi connectivity index (χ2n) is 9.59. The van der Waals surface area contributed by atoms with Gasteiger partial charge in [-0.05, 0) is 81.5 Å². The molecule has 0 bridgehead atoms. The molecule has 1 aliphatic heterocycles. The van der Waals surface area contributed by atoms with Gasteiger partial charge in [0.05, 0.1) is 18.3 Å². The van der Waals surface area contributed by atoms with Crippen molar-refractivity contribution in [2.45, 2.75) is 70.0 Å². The van der Waals surface area contributed by atoms with E-state index >= 15 is 0 Å². The highest BCUT2D eigenvalue weighted by atomic mass is 19.1. The van der Waals surface area contributed by atoms with Gasteiger partial charge in [-0.15, -0.1) is 0 Å². The molecule has 2 aliphatic rings. The number of carbonyl (C=O) groups excluding carboxylic acids is 2. The van der Waals surface area contributed by atoms with Gasteiger partial charge in [-0.1, -0.05) is 19.3 Å². The maximum absolute atomic E-state index is 13.9. The lowest BCUT2D eigenvalue weighted by molar-refractivity contribution is -0.139. The summed E-state index contributed by atoms with van der Waals surface area (Å²) in [5.41, 5.74) is 0.896. The van der Waals surface area contributed by atoms with Crippen LogP contribution in [0.4, 0.5) is 4.39 Å². The molecule has 2 amide bonds. The van der Waals surface area contributed by atoms with Crippen LogP contribution in [0.2, 0.25) is 0 Å². The largest absolute Gasteiger partial charge is 0.456 e. The van der Waals surface area contributed by atoms with Gasteiger partial charge in [-0.3, -0.25) is 14.6 Å². The van der Waals surface area contributed by atoms with E-state index in [0.717, 1.165) is 44.1 Å². The van der Waals surface area contributed by atoms with Crippen molar-refractivity contribution in [1.29, 1.82) is 0 Å². The average molecular weight is 483 g/mol. The Balaban J connectivity index is 1.53. The van der Waals surface area contributed by atoms with Gasteiger partial charge in [-0.25, -0.2) is 4.39 Å². The number of nitrogens with zero attached hydrogens (tertiary/aromatic N) is 2. The molecule has 3 atom stereocenters. The third-order valence-electron chi connectivity index (χ3n) is 7.22. The Morgan fingerprint density at radius 1 is 1.06 bits per heavy atom. The van der Waals surface area contributed by atoms with Crippen LogP contribution in [0.15, 0.2) is 42.7 Å². The van der Waals surface area contributed by atoms with E-state index in [1.807, 2.05) is 11.0 Å². The quantitative estimate of drug-likeness (QED) is 0.585. The van der Waals surface area contributed by atoms with Gasteiger partial charge >= 0.3 is 0 Å². The van der Waals surface area contributed by atoms with E-state index in [0.29, 0.717) is 18.0 Å². The Morgan fingerprint density at radius 2 is 1.80 bits per heavy atom. The molecular weight excluding hydrogens is 447 g/mol. The fraction of sp³-hybridized carbons (Fsp3) is 0.519.